The third-order valence-corrected chi connectivity index (χ3v) is 2.43. The minimum absolute atomic E-state index is 0.564. The summed E-state index contributed by atoms with van der Waals surface area (Å²) in [5.41, 5.74) is 0. The van der Waals surface area contributed by atoms with E-state index in [1.54, 1.807) is 0 Å². The van der Waals surface area contributed by atoms with E-state index >= 15 is 0 Å². The third kappa shape index (κ3) is 1.32. The molecule has 2 heteroatoms. The van der Waals surface area contributed by atoms with Crippen molar-refractivity contribution in [2.24, 2.45) is 5.92 Å². The Labute approximate surface area is 61.5 Å². The molecule has 1 aliphatic carbocycles. The molecule has 1 heterocycles. The van der Waals surface area contributed by atoms with Crippen LogP contribution < -0.4 is 0 Å². The second-order valence-corrected chi connectivity index (χ2v) is 3.25. The van der Waals surface area contributed by atoms with Crippen molar-refractivity contribution in [2.45, 2.75) is 25.4 Å². The highest BCUT2D eigenvalue weighted by molar-refractivity contribution is 4.76. The van der Waals surface area contributed by atoms with E-state index in [1.165, 1.54) is 19.3 Å². The lowest BCUT2D eigenvalue weighted by atomic mass is 10.1. The van der Waals surface area contributed by atoms with Crippen LogP contribution in [0, 0.1) is 5.92 Å². The van der Waals surface area contributed by atoms with Crippen LogP contribution in [0.4, 0.5) is 0 Å². The quantitative estimate of drug-likeness (QED) is 0.506. The smallest absolute Gasteiger partial charge is 0.0704 e. The number of ether oxygens (including phenoxy) is 2. The first-order chi connectivity index (χ1) is 4.95. The Bertz CT molecular complexity index is 102. The maximum absolute atomic E-state index is 5.55. The monoisotopic (exact) mass is 142 g/mol. The van der Waals surface area contributed by atoms with Gasteiger partial charge < -0.3 is 9.47 Å². The lowest BCUT2D eigenvalue weighted by molar-refractivity contribution is -0.0196. The predicted octanol–water partition coefficient (Wildman–Crippen LogP) is 1.20. The molecule has 0 spiro atoms. The zero-order valence-corrected chi connectivity index (χ0v) is 6.21. The zero-order valence-electron chi connectivity index (χ0n) is 6.21. The van der Waals surface area contributed by atoms with Gasteiger partial charge in [0.2, 0.25) is 0 Å². The van der Waals surface area contributed by atoms with Crippen molar-refractivity contribution < 1.29 is 9.47 Å². The predicted molar refractivity (Wildman–Crippen MR) is 37.9 cm³/mol. The van der Waals surface area contributed by atoms with E-state index in [-0.39, 0.29) is 0 Å². The van der Waals surface area contributed by atoms with Crippen LogP contribution in [-0.4, -0.2) is 25.9 Å². The molecule has 10 heavy (non-hydrogen) atoms. The maximum Gasteiger partial charge on any atom is 0.0704 e. The summed E-state index contributed by atoms with van der Waals surface area (Å²) in [5, 5.41) is 0. The minimum Gasteiger partial charge on any atom is -0.379 e. The summed E-state index contributed by atoms with van der Waals surface area (Å²) < 4.78 is 10.9. The fraction of sp³-hybridized carbons (Fsp3) is 1.00. The zero-order chi connectivity index (χ0) is 6.81. The van der Waals surface area contributed by atoms with Gasteiger partial charge in [-0.3, -0.25) is 0 Å². The van der Waals surface area contributed by atoms with Crippen LogP contribution in [-0.2, 0) is 9.47 Å². The molecule has 0 N–H and O–H groups in total. The van der Waals surface area contributed by atoms with Gasteiger partial charge in [0, 0.05) is 6.61 Å². The second-order valence-electron chi connectivity index (χ2n) is 3.25. The van der Waals surface area contributed by atoms with Crippen LogP contribution in [0.5, 0.6) is 0 Å². The van der Waals surface area contributed by atoms with Crippen LogP contribution in [0.3, 0.4) is 0 Å². The molecule has 58 valence electrons. The SMILES string of the molecule is C1COC2CCC(CO1)C2. The van der Waals surface area contributed by atoms with Crippen molar-refractivity contribution in [3.05, 3.63) is 0 Å². The first kappa shape index (κ1) is 6.62. The van der Waals surface area contributed by atoms with Crippen LogP contribution in [0.1, 0.15) is 19.3 Å². The van der Waals surface area contributed by atoms with Crippen molar-refractivity contribution in [2.75, 3.05) is 19.8 Å². The fourth-order valence-electron chi connectivity index (χ4n) is 1.86. The summed E-state index contributed by atoms with van der Waals surface area (Å²) >= 11 is 0. The fourth-order valence-corrected chi connectivity index (χ4v) is 1.86. The molecule has 0 amide bonds. The standard InChI is InChI=1S/C8H14O2/c1-2-8-5-7(1)6-9-3-4-10-8/h7-8H,1-6H2. The van der Waals surface area contributed by atoms with Gasteiger partial charge in [-0.25, -0.2) is 0 Å². The normalized spacial score (nSPS) is 40.8. The van der Waals surface area contributed by atoms with Gasteiger partial charge in [-0.1, -0.05) is 0 Å². The molecule has 0 aromatic heterocycles. The second kappa shape index (κ2) is 2.89. The number of hydrogen-bond acceptors (Lipinski definition) is 2. The van der Waals surface area contributed by atoms with Crippen molar-refractivity contribution in [3.8, 4) is 0 Å². The molecule has 1 saturated heterocycles. The summed E-state index contributed by atoms with van der Waals surface area (Å²) in [6.45, 7) is 2.57. The molecule has 0 radical (unpaired) electrons. The summed E-state index contributed by atoms with van der Waals surface area (Å²) in [4.78, 5) is 0. The molecule has 2 atom stereocenters. The average Bonchev–Trinajstić information content (AvgIpc) is 2.30. The van der Waals surface area contributed by atoms with Gasteiger partial charge in [-0.15, -0.1) is 0 Å². The molecule has 2 bridgehead atoms. The lowest BCUT2D eigenvalue weighted by Gasteiger charge is -2.16. The first-order valence-corrected chi connectivity index (χ1v) is 4.14. The highest BCUT2D eigenvalue weighted by atomic mass is 16.5. The summed E-state index contributed by atoms with van der Waals surface area (Å²) in [6.07, 6.45) is 4.37. The number of fused-ring (bicyclic) bond motifs is 2. The van der Waals surface area contributed by atoms with E-state index in [0.29, 0.717) is 6.10 Å². The first-order valence-electron chi connectivity index (χ1n) is 4.14. The van der Waals surface area contributed by atoms with Gasteiger partial charge >= 0.3 is 0 Å². The van der Waals surface area contributed by atoms with Crippen LogP contribution in [0.2, 0.25) is 0 Å². The highest BCUT2D eigenvalue weighted by Gasteiger charge is 2.26. The van der Waals surface area contributed by atoms with E-state index in [1.807, 2.05) is 0 Å². The van der Waals surface area contributed by atoms with Gasteiger partial charge in [0.25, 0.3) is 0 Å². The average molecular weight is 142 g/mol. The van der Waals surface area contributed by atoms with Crippen LogP contribution in [0.25, 0.3) is 0 Å². The Morgan fingerprint density at radius 3 is 3.10 bits per heavy atom. The topological polar surface area (TPSA) is 18.5 Å². The van der Waals surface area contributed by atoms with Gasteiger partial charge in [0.1, 0.15) is 0 Å². The Morgan fingerprint density at radius 1 is 1.10 bits per heavy atom. The Kier molecular flexibility index (Phi) is 1.91. The maximum atomic E-state index is 5.55. The Hall–Kier alpha value is -0.0800. The molecule has 2 unspecified atom stereocenters. The molecule has 2 nitrogen and oxygen atoms in total. The molecular weight excluding hydrogens is 128 g/mol. The van der Waals surface area contributed by atoms with Gasteiger partial charge in [-0.05, 0) is 25.2 Å². The molecule has 2 rings (SSSR count). The van der Waals surface area contributed by atoms with Gasteiger partial charge in [0.15, 0.2) is 0 Å². The van der Waals surface area contributed by atoms with Crippen molar-refractivity contribution in [1.82, 2.24) is 0 Å². The summed E-state index contributed by atoms with van der Waals surface area (Å²) in [6, 6.07) is 0. The largest absolute Gasteiger partial charge is 0.379 e. The van der Waals surface area contributed by atoms with Crippen molar-refractivity contribution in [3.63, 3.8) is 0 Å². The third-order valence-electron chi connectivity index (χ3n) is 2.43. The molecular formula is C8H14O2. The molecule has 0 aromatic rings. The number of hydrogen-bond donors (Lipinski definition) is 0. The highest BCUT2D eigenvalue weighted by Crippen LogP contribution is 2.28. The minimum atomic E-state index is 0.564. The Morgan fingerprint density at radius 2 is 2.10 bits per heavy atom. The lowest BCUT2D eigenvalue weighted by Crippen LogP contribution is -2.19. The van der Waals surface area contributed by atoms with Gasteiger partial charge in [0.05, 0.1) is 19.3 Å². The molecule has 2 aliphatic rings. The summed E-state index contributed by atoms with van der Waals surface area (Å²) in [5.74, 6) is 0.797. The van der Waals surface area contributed by atoms with Crippen LogP contribution in [0.15, 0.2) is 0 Å². The van der Waals surface area contributed by atoms with E-state index in [9.17, 15) is 0 Å². The van der Waals surface area contributed by atoms with Crippen LogP contribution >= 0.6 is 0 Å². The molecule has 1 aliphatic heterocycles. The van der Waals surface area contributed by atoms with E-state index < -0.39 is 0 Å². The van der Waals surface area contributed by atoms with Crippen molar-refractivity contribution >= 4 is 0 Å². The molecule has 2 fully saturated rings. The summed E-state index contributed by atoms with van der Waals surface area (Å²) in [7, 11) is 0. The van der Waals surface area contributed by atoms with E-state index in [2.05, 4.69) is 0 Å². The van der Waals surface area contributed by atoms with E-state index in [0.717, 1.165) is 25.7 Å². The molecule has 0 aromatic carbocycles. The van der Waals surface area contributed by atoms with Gasteiger partial charge in [-0.2, -0.15) is 0 Å². The Balaban J connectivity index is 1.91. The van der Waals surface area contributed by atoms with E-state index in [4.69, 9.17) is 9.47 Å². The number of rotatable bonds is 0. The van der Waals surface area contributed by atoms with Crippen molar-refractivity contribution in [1.29, 1.82) is 0 Å². The molecule has 1 saturated carbocycles.